The Kier molecular flexibility index (Phi) is 18.7. The van der Waals surface area contributed by atoms with Gasteiger partial charge in [0.15, 0.2) is 0 Å². The fourth-order valence-corrected chi connectivity index (χ4v) is 3.63. The summed E-state index contributed by atoms with van der Waals surface area (Å²) in [4.78, 5) is 0. The lowest BCUT2D eigenvalue weighted by molar-refractivity contribution is 0.234. The minimum atomic E-state index is -4.35. The maximum atomic E-state index is 10.8. The van der Waals surface area contributed by atoms with Crippen molar-refractivity contribution in [3.63, 3.8) is 0 Å². The van der Waals surface area contributed by atoms with Crippen LogP contribution in [0.1, 0.15) is 117 Å². The standard InChI is InChI=1S/C22H44O4S/c1-3-5-7-9-10-11-12-13-14-16-18-20-22(21-26-27(23,24)25)19-17-15-8-6-4-2/h18,20,22H,3-17,19,21H2,1-2H3,(H,23,24,25)/b20-18+. The fraction of sp³-hybridized carbons (Fsp3) is 0.909. The predicted molar refractivity (Wildman–Crippen MR) is 115 cm³/mol. The van der Waals surface area contributed by atoms with E-state index in [4.69, 9.17) is 4.55 Å². The van der Waals surface area contributed by atoms with Crippen molar-refractivity contribution in [3.05, 3.63) is 12.2 Å². The highest BCUT2D eigenvalue weighted by Gasteiger charge is 2.11. The summed E-state index contributed by atoms with van der Waals surface area (Å²) in [5, 5.41) is 0. The number of hydrogen-bond acceptors (Lipinski definition) is 3. The lowest BCUT2D eigenvalue weighted by Crippen LogP contribution is -2.12. The topological polar surface area (TPSA) is 63.6 Å². The molecular weight excluding hydrogens is 360 g/mol. The van der Waals surface area contributed by atoms with Crippen molar-refractivity contribution in [2.45, 2.75) is 117 Å². The van der Waals surface area contributed by atoms with Gasteiger partial charge in [-0.2, -0.15) is 8.42 Å². The summed E-state index contributed by atoms with van der Waals surface area (Å²) in [7, 11) is -4.35. The van der Waals surface area contributed by atoms with Gasteiger partial charge in [0.1, 0.15) is 0 Å². The van der Waals surface area contributed by atoms with E-state index in [0.717, 1.165) is 19.3 Å². The quantitative estimate of drug-likeness (QED) is 0.132. The Balaban J connectivity index is 3.88. The molecule has 0 aliphatic rings. The molecule has 27 heavy (non-hydrogen) atoms. The minimum Gasteiger partial charge on any atom is -0.264 e. The van der Waals surface area contributed by atoms with Crippen LogP contribution in [0.5, 0.6) is 0 Å². The summed E-state index contributed by atoms with van der Waals surface area (Å²) in [6.45, 7) is 4.48. The Bertz CT molecular complexity index is 432. The smallest absolute Gasteiger partial charge is 0.264 e. The maximum Gasteiger partial charge on any atom is 0.397 e. The zero-order valence-electron chi connectivity index (χ0n) is 17.8. The van der Waals surface area contributed by atoms with Crippen LogP contribution in [0.3, 0.4) is 0 Å². The summed E-state index contributed by atoms with van der Waals surface area (Å²) < 4.78 is 35.0. The first-order valence-corrected chi connectivity index (χ1v) is 12.6. The minimum absolute atomic E-state index is 0.0425. The summed E-state index contributed by atoms with van der Waals surface area (Å²) in [6.07, 6.45) is 24.0. The Morgan fingerprint density at radius 1 is 0.778 bits per heavy atom. The van der Waals surface area contributed by atoms with Crippen LogP contribution in [0.15, 0.2) is 12.2 Å². The summed E-state index contributed by atoms with van der Waals surface area (Å²) >= 11 is 0. The van der Waals surface area contributed by atoms with Crippen LogP contribution in [0.4, 0.5) is 0 Å². The van der Waals surface area contributed by atoms with Crippen molar-refractivity contribution in [3.8, 4) is 0 Å². The number of rotatable bonds is 20. The highest BCUT2D eigenvalue weighted by molar-refractivity contribution is 7.80. The van der Waals surface area contributed by atoms with Crippen molar-refractivity contribution >= 4 is 10.4 Å². The molecule has 5 heteroatoms. The molecular formula is C22H44O4S. The van der Waals surface area contributed by atoms with Crippen LogP contribution in [-0.4, -0.2) is 19.6 Å². The number of hydrogen-bond donors (Lipinski definition) is 1. The maximum absolute atomic E-state index is 10.8. The molecule has 0 rings (SSSR count). The molecule has 162 valence electrons. The van der Waals surface area contributed by atoms with Gasteiger partial charge in [0.25, 0.3) is 0 Å². The van der Waals surface area contributed by atoms with Crippen molar-refractivity contribution in [2.24, 2.45) is 5.92 Å². The molecule has 0 heterocycles. The van der Waals surface area contributed by atoms with Gasteiger partial charge in [-0.1, -0.05) is 109 Å². The Morgan fingerprint density at radius 2 is 1.26 bits per heavy atom. The van der Waals surface area contributed by atoms with E-state index in [1.54, 1.807) is 0 Å². The second kappa shape index (κ2) is 18.9. The van der Waals surface area contributed by atoms with E-state index in [0.29, 0.717) is 0 Å². The molecule has 1 unspecified atom stereocenters. The largest absolute Gasteiger partial charge is 0.397 e. The second-order valence-corrected chi connectivity index (χ2v) is 8.81. The molecule has 0 saturated carbocycles. The predicted octanol–water partition coefficient (Wildman–Crippen LogP) is 7.26. The van der Waals surface area contributed by atoms with E-state index in [9.17, 15) is 8.42 Å². The first-order chi connectivity index (χ1) is 13.0. The zero-order chi connectivity index (χ0) is 20.2. The third-order valence-electron chi connectivity index (χ3n) is 4.99. The lowest BCUT2D eigenvalue weighted by atomic mass is 10.00. The molecule has 0 fully saturated rings. The second-order valence-electron chi connectivity index (χ2n) is 7.72. The SMILES string of the molecule is CCCCCCCCCCC/C=C/C(CCCCCCC)COS(=O)(=O)O. The van der Waals surface area contributed by atoms with Crippen LogP contribution in [-0.2, 0) is 14.6 Å². The number of allylic oxidation sites excluding steroid dienone is 1. The molecule has 4 nitrogen and oxygen atoms in total. The Labute approximate surface area is 169 Å². The van der Waals surface area contributed by atoms with Crippen LogP contribution < -0.4 is 0 Å². The molecule has 0 aromatic rings. The molecule has 0 aliphatic heterocycles. The van der Waals surface area contributed by atoms with E-state index in [1.165, 1.54) is 83.5 Å². The molecule has 1 atom stereocenters. The molecule has 0 bridgehead atoms. The van der Waals surface area contributed by atoms with Gasteiger partial charge in [-0.3, -0.25) is 4.55 Å². The van der Waals surface area contributed by atoms with Gasteiger partial charge in [-0.15, -0.1) is 0 Å². The van der Waals surface area contributed by atoms with E-state index in [2.05, 4.69) is 30.2 Å². The van der Waals surface area contributed by atoms with E-state index in [-0.39, 0.29) is 12.5 Å². The lowest BCUT2D eigenvalue weighted by Gasteiger charge is -2.12. The van der Waals surface area contributed by atoms with Crippen LogP contribution in [0, 0.1) is 5.92 Å². The molecule has 0 aromatic heterocycles. The molecule has 0 aromatic carbocycles. The average Bonchev–Trinajstić information content (AvgIpc) is 2.62. The fourth-order valence-electron chi connectivity index (χ4n) is 3.28. The number of unbranched alkanes of at least 4 members (excludes halogenated alkanes) is 13. The van der Waals surface area contributed by atoms with Crippen molar-refractivity contribution < 1.29 is 17.2 Å². The normalized spacial score (nSPS) is 13.4. The monoisotopic (exact) mass is 404 g/mol. The molecule has 0 amide bonds. The van der Waals surface area contributed by atoms with E-state index in [1.807, 2.05) is 0 Å². The Morgan fingerprint density at radius 3 is 1.78 bits per heavy atom. The van der Waals surface area contributed by atoms with Gasteiger partial charge in [0, 0.05) is 5.92 Å². The van der Waals surface area contributed by atoms with E-state index >= 15 is 0 Å². The molecule has 0 saturated heterocycles. The molecule has 0 spiro atoms. The summed E-state index contributed by atoms with van der Waals surface area (Å²) in [5.41, 5.74) is 0. The van der Waals surface area contributed by atoms with Gasteiger partial charge in [-0.25, -0.2) is 4.18 Å². The van der Waals surface area contributed by atoms with Gasteiger partial charge in [0.05, 0.1) is 6.61 Å². The van der Waals surface area contributed by atoms with Crippen molar-refractivity contribution in [1.29, 1.82) is 0 Å². The van der Waals surface area contributed by atoms with Crippen LogP contribution in [0.2, 0.25) is 0 Å². The van der Waals surface area contributed by atoms with Gasteiger partial charge >= 0.3 is 10.4 Å². The van der Waals surface area contributed by atoms with Gasteiger partial charge in [0.2, 0.25) is 0 Å². The third kappa shape index (κ3) is 21.8. The molecule has 0 radical (unpaired) electrons. The van der Waals surface area contributed by atoms with Crippen LogP contribution in [0.25, 0.3) is 0 Å². The molecule has 1 N–H and O–H groups in total. The van der Waals surface area contributed by atoms with Gasteiger partial charge < -0.3 is 0 Å². The summed E-state index contributed by atoms with van der Waals surface area (Å²) in [5.74, 6) is 0.0621. The first-order valence-electron chi connectivity index (χ1n) is 11.3. The zero-order valence-corrected chi connectivity index (χ0v) is 18.6. The molecule has 0 aliphatic carbocycles. The van der Waals surface area contributed by atoms with Gasteiger partial charge in [-0.05, 0) is 19.3 Å². The Hall–Kier alpha value is -0.390. The summed E-state index contributed by atoms with van der Waals surface area (Å²) in [6, 6.07) is 0. The van der Waals surface area contributed by atoms with E-state index < -0.39 is 10.4 Å². The first kappa shape index (κ1) is 26.6. The third-order valence-corrected chi connectivity index (χ3v) is 5.43. The highest BCUT2D eigenvalue weighted by Crippen LogP contribution is 2.16. The van der Waals surface area contributed by atoms with Crippen molar-refractivity contribution in [2.75, 3.05) is 6.61 Å². The average molecular weight is 405 g/mol. The van der Waals surface area contributed by atoms with Crippen molar-refractivity contribution in [1.82, 2.24) is 0 Å². The highest BCUT2D eigenvalue weighted by atomic mass is 32.3. The van der Waals surface area contributed by atoms with Crippen LogP contribution >= 0.6 is 0 Å².